The SMILES string of the molecule is CC/C=C\C/C=C\C/C=C\C/C=C\C/C=C\C/C=C\C/C=C\CCCC(=O)OC(CCCCCC)CCCCCC(=O)NC(CCCN)C(=O)O. The lowest BCUT2D eigenvalue weighted by Gasteiger charge is -2.18. The summed E-state index contributed by atoms with van der Waals surface area (Å²) in [4.78, 5) is 36.1. The molecular weight excluding hydrogens is 636 g/mol. The quantitative estimate of drug-likeness (QED) is 0.0348. The monoisotopic (exact) mass is 709 g/mol. The molecule has 0 aromatic carbocycles. The van der Waals surface area contributed by atoms with Crippen LogP contribution in [0.5, 0.6) is 0 Å². The summed E-state index contributed by atoms with van der Waals surface area (Å²) in [6.07, 6.45) is 49.4. The summed E-state index contributed by atoms with van der Waals surface area (Å²) >= 11 is 0. The van der Waals surface area contributed by atoms with Gasteiger partial charge in [-0.1, -0.05) is 125 Å². The summed E-state index contributed by atoms with van der Waals surface area (Å²) < 4.78 is 5.88. The number of carboxylic acids is 1. The first-order valence-corrected chi connectivity index (χ1v) is 19.9. The number of unbranched alkanes of at least 4 members (excludes halogenated alkanes) is 6. The maximum Gasteiger partial charge on any atom is 0.326 e. The highest BCUT2D eigenvalue weighted by atomic mass is 16.5. The Morgan fingerprint density at radius 3 is 1.55 bits per heavy atom. The van der Waals surface area contributed by atoms with Crippen LogP contribution in [0.2, 0.25) is 0 Å². The topological polar surface area (TPSA) is 119 Å². The van der Waals surface area contributed by atoms with Crippen molar-refractivity contribution in [1.29, 1.82) is 0 Å². The van der Waals surface area contributed by atoms with Crippen LogP contribution in [0.1, 0.15) is 155 Å². The molecule has 0 fully saturated rings. The number of carboxylic acid groups (broad SMARTS) is 1. The van der Waals surface area contributed by atoms with Gasteiger partial charge >= 0.3 is 11.9 Å². The fourth-order valence-corrected chi connectivity index (χ4v) is 5.26. The molecule has 0 rings (SSSR count). The Kier molecular flexibility index (Phi) is 35.2. The maximum atomic E-state index is 12.6. The first-order chi connectivity index (χ1) is 24.9. The van der Waals surface area contributed by atoms with Gasteiger partial charge < -0.3 is 20.9 Å². The largest absolute Gasteiger partial charge is 0.480 e. The molecule has 0 aliphatic rings. The summed E-state index contributed by atoms with van der Waals surface area (Å²) in [6.45, 7) is 4.73. The minimum atomic E-state index is -1.03. The van der Waals surface area contributed by atoms with Crippen LogP contribution in [-0.4, -0.2) is 41.6 Å². The number of rotatable bonds is 34. The van der Waals surface area contributed by atoms with Crippen molar-refractivity contribution < 1.29 is 24.2 Å². The molecule has 0 aromatic rings. The van der Waals surface area contributed by atoms with Gasteiger partial charge in [-0.15, -0.1) is 0 Å². The van der Waals surface area contributed by atoms with Crippen LogP contribution in [0.3, 0.4) is 0 Å². The van der Waals surface area contributed by atoms with E-state index < -0.39 is 12.0 Å². The van der Waals surface area contributed by atoms with Gasteiger partial charge in [-0.05, 0) is 109 Å². The molecule has 0 saturated heterocycles. The Bertz CT molecular complexity index is 1070. The first kappa shape index (κ1) is 47.5. The molecule has 0 bridgehead atoms. The van der Waals surface area contributed by atoms with Gasteiger partial charge in [-0.2, -0.15) is 0 Å². The molecule has 2 unspecified atom stereocenters. The van der Waals surface area contributed by atoms with E-state index >= 15 is 0 Å². The highest BCUT2D eigenvalue weighted by molar-refractivity contribution is 5.83. The van der Waals surface area contributed by atoms with E-state index in [4.69, 9.17) is 10.5 Å². The predicted molar refractivity (Wildman–Crippen MR) is 215 cm³/mol. The van der Waals surface area contributed by atoms with Gasteiger partial charge in [0.15, 0.2) is 0 Å². The van der Waals surface area contributed by atoms with Gasteiger partial charge in [0.1, 0.15) is 12.1 Å². The number of allylic oxidation sites excluding steroid dienone is 14. The number of aliphatic carboxylic acids is 1. The molecule has 1 amide bonds. The zero-order chi connectivity index (χ0) is 37.5. The molecule has 7 heteroatoms. The van der Waals surface area contributed by atoms with Crippen molar-refractivity contribution in [2.75, 3.05) is 6.54 Å². The normalized spacial score (nSPS) is 13.6. The lowest BCUT2D eigenvalue weighted by molar-refractivity contribution is -0.150. The van der Waals surface area contributed by atoms with Gasteiger partial charge in [0.25, 0.3) is 0 Å². The van der Waals surface area contributed by atoms with Crippen LogP contribution in [0.25, 0.3) is 0 Å². The number of amides is 1. The average Bonchev–Trinajstić information content (AvgIpc) is 3.11. The van der Waals surface area contributed by atoms with Crippen LogP contribution >= 0.6 is 0 Å². The second kappa shape index (κ2) is 37.8. The van der Waals surface area contributed by atoms with Gasteiger partial charge in [0.05, 0.1) is 0 Å². The number of carbonyl (C=O) groups is 3. The van der Waals surface area contributed by atoms with Crippen LogP contribution in [0.4, 0.5) is 0 Å². The molecular formula is C44H72N2O5. The lowest BCUT2D eigenvalue weighted by atomic mass is 10.0. The van der Waals surface area contributed by atoms with Gasteiger partial charge in [0.2, 0.25) is 5.91 Å². The fraction of sp³-hybridized carbons (Fsp3) is 0.614. The number of carbonyl (C=O) groups excluding carboxylic acids is 2. The Labute approximate surface area is 311 Å². The maximum absolute atomic E-state index is 12.6. The Morgan fingerprint density at radius 1 is 0.588 bits per heavy atom. The highest BCUT2D eigenvalue weighted by Gasteiger charge is 2.19. The third-order valence-corrected chi connectivity index (χ3v) is 8.22. The third kappa shape index (κ3) is 34.8. The first-order valence-electron chi connectivity index (χ1n) is 19.9. The Balaban J connectivity index is 4.15. The van der Waals surface area contributed by atoms with E-state index in [0.717, 1.165) is 103 Å². The molecule has 51 heavy (non-hydrogen) atoms. The van der Waals surface area contributed by atoms with Crippen LogP contribution in [-0.2, 0) is 19.1 Å². The number of hydrogen-bond donors (Lipinski definition) is 3. The fourth-order valence-electron chi connectivity index (χ4n) is 5.26. The molecule has 288 valence electrons. The summed E-state index contributed by atoms with van der Waals surface area (Å²) in [7, 11) is 0. The van der Waals surface area contributed by atoms with Crippen LogP contribution < -0.4 is 11.1 Å². The van der Waals surface area contributed by atoms with Crippen molar-refractivity contribution in [3.63, 3.8) is 0 Å². The zero-order valence-corrected chi connectivity index (χ0v) is 32.2. The number of nitrogens with two attached hydrogens (primary N) is 1. The molecule has 4 N–H and O–H groups in total. The van der Waals surface area contributed by atoms with Crippen molar-refractivity contribution in [2.45, 2.75) is 167 Å². The number of ether oxygens (including phenoxy) is 1. The molecule has 0 aliphatic carbocycles. The van der Waals surface area contributed by atoms with E-state index in [1.165, 1.54) is 6.42 Å². The van der Waals surface area contributed by atoms with Crippen molar-refractivity contribution in [1.82, 2.24) is 5.32 Å². The van der Waals surface area contributed by atoms with Crippen molar-refractivity contribution in [2.24, 2.45) is 5.73 Å². The minimum Gasteiger partial charge on any atom is -0.480 e. The molecule has 7 nitrogen and oxygen atoms in total. The average molecular weight is 709 g/mol. The summed E-state index contributed by atoms with van der Waals surface area (Å²) in [5.41, 5.74) is 5.47. The third-order valence-electron chi connectivity index (χ3n) is 8.22. The van der Waals surface area contributed by atoms with E-state index in [2.05, 4.69) is 104 Å². The van der Waals surface area contributed by atoms with Crippen molar-refractivity contribution >= 4 is 17.8 Å². The predicted octanol–water partition coefficient (Wildman–Crippen LogP) is 10.9. The number of nitrogens with one attached hydrogen (secondary N) is 1. The Hall–Kier alpha value is -3.45. The minimum absolute atomic E-state index is 0.0838. The van der Waals surface area contributed by atoms with E-state index in [1.54, 1.807) is 0 Å². The van der Waals surface area contributed by atoms with E-state index in [9.17, 15) is 19.5 Å². The molecule has 0 aliphatic heterocycles. The smallest absolute Gasteiger partial charge is 0.326 e. The molecule has 2 atom stereocenters. The number of esters is 1. The number of hydrogen-bond acceptors (Lipinski definition) is 5. The summed E-state index contributed by atoms with van der Waals surface area (Å²) in [5, 5.41) is 11.9. The zero-order valence-electron chi connectivity index (χ0n) is 32.2. The Morgan fingerprint density at radius 2 is 1.08 bits per heavy atom. The second-order valence-electron chi connectivity index (χ2n) is 13.0. The second-order valence-corrected chi connectivity index (χ2v) is 13.0. The van der Waals surface area contributed by atoms with Gasteiger partial charge in [0, 0.05) is 12.8 Å². The summed E-state index contributed by atoms with van der Waals surface area (Å²) in [5.74, 6) is -1.40. The molecule has 0 aromatic heterocycles. The van der Waals surface area contributed by atoms with Crippen LogP contribution in [0, 0.1) is 0 Å². The van der Waals surface area contributed by atoms with E-state index in [0.29, 0.717) is 38.6 Å². The lowest BCUT2D eigenvalue weighted by Crippen LogP contribution is -2.40. The standard InChI is InChI=1S/C44H72N2O5/c1-3-5-7-9-10-11-12-13-14-15-16-17-18-19-20-21-22-23-24-25-26-27-32-38-43(48)51-40(34-29-8-6-4-2)35-30-28-31-37-42(47)46-41(44(49)50)36-33-39-45/h5,7,10-11,13-14,16-17,19-20,22-23,25-26,40-41H,3-4,6,8-9,12,15,18,21,24,27-39,45H2,1-2H3,(H,46,47)(H,49,50)/b7-5-,11-10-,14-13-,17-16-,20-19-,23-22-,26-25-. The van der Waals surface area contributed by atoms with Gasteiger partial charge in [-0.3, -0.25) is 9.59 Å². The van der Waals surface area contributed by atoms with E-state index in [-0.39, 0.29) is 18.0 Å². The van der Waals surface area contributed by atoms with Crippen molar-refractivity contribution in [3.8, 4) is 0 Å². The molecule has 0 saturated carbocycles. The molecule has 0 spiro atoms. The summed E-state index contributed by atoms with van der Waals surface area (Å²) in [6, 6.07) is -0.883. The molecule has 0 heterocycles. The van der Waals surface area contributed by atoms with E-state index in [1.807, 2.05) is 0 Å². The van der Waals surface area contributed by atoms with Crippen molar-refractivity contribution in [3.05, 3.63) is 85.1 Å². The molecule has 0 radical (unpaired) electrons. The van der Waals surface area contributed by atoms with Gasteiger partial charge in [-0.25, -0.2) is 4.79 Å². The highest BCUT2D eigenvalue weighted by Crippen LogP contribution is 2.17. The van der Waals surface area contributed by atoms with Crippen LogP contribution in [0.15, 0.2) is 85.1 Å².